The lowest BCUT2D eigenvalue weighted by Crippen LogP contribution is -2.12. The van der Waals surface area contributed by atoms with Gasteiger partial charge in [0, 0.05) is 5.71 Å². The van der Waals surface area contributed by atoms with Crippen molar-refractivity contribution >= 4 is 5.71 Å². The van der Waals surface area contributed by atoms with Crippen LogP contribution >= 0.6 is 0 Å². The van der Waals surface area contributed by atoms with Gasteiger partial charge in [0.15, 0.2) is 0 Å². The van der Waals surface area contributed by atoms with E-state index in [1.165, 1.54) is 18.6 Å². The number of nitrogens with zero attached hydrogens (tertiary/aromatic N) is 1. The molecule has 12 heavy (non-hydrogen) atoms. The number of hydrogen-bond acceptors (Lipinski definition) is 1. The molecule has 0 aromatic carbocycles. The zero-order valence-corrected chi connectivity index (χ0v) is 9.44. The first-order valence-electron chi connectivity index (χ1n) is 4.99. The molecule has 0 fully saturated rings. The summed E-state index contributed by atoms with van der Waals surface area (Å²) in [6.45, 7) is 13.0. The van der Waals surface area contributed by atoms with Crippen molar-refractivity contribution in [2.24, 2.45) is 10.9 Å². The van der Waals surface area contributed by atoms with E-state index in [0.717, 1.165) is 0 Å². The minimum Gasteiger partial charge on any atom is -0.288 e. The SMILES string of the molecule is CC1=NC(C)(C)CC1C.CCC. The summed E-state index contributed by atoms with van der Waals surface area (Å²) in [7, 11) is 0. The van der Waals surface area contributed by atoms with Gasteiger partial charge in [-0.05, 0) is 33.1 Å². The zero-order chi connectivity index (χ0) is 9.78. The van der Waals surface area contributed by atoms with Gasteiger partial charge in [0.05, 0.1) is 5.54 Å². The summed E-state index contributed by atoms with van der Waals surface area (Å²) in [6, 6.07) is 0. The molecule has 0 saturated carbocycles. The van der Waals surface area contributed by atoms with Gasteiger partial charge in [0.2, 0.25) is 0 Å². The highest BCUT2D eigenvalue weighted by Gasteiger charge is 2.27. The fraction of sp³-hybridized carbons (Fsp3) is 0.909. The standard InChI is InChI=1S/C8H15N.C3H8/c1-6-5-8(3,4)9-7(6)2;1-3-2/h6H,5H2,1-4H3;3H2,1-2H3. The van der Waals surface area contributed by atoms with Gasteiger partial charge in [0.25, 0.3) is 0 Å². The maximum atomic E-state index is 4.52. The van der Waals surface area contributed by atoms with Gasteiger partial charge in [-0.1, -0.05) is 27.2 Å². The predicted molar refractivity (Wildman–Crippen MR) is 56.9 cm³/mol. The van der Waals surface area contributed by atoms with E-state index in [9.17, 15) is 0 Å². The summed E-state index contributed by atoms with van der Waals surface area (Å²) in [4.78, 5) is 4.52. The molecule has 0 spiro atoms. The van der Waals surface area contributed by atoms with Crippen LogP contribution in [0.1, 0.15) is 54.4 Å². The molecule has 0 amide bonds. The van der Waals surface area contributed by atoms with Crippen LogP contribution in [0, 0.1) is 5.92 Å². The molecule has 1 heterocycles. The van der Waals surface area contributed by atoms with Gasteiger partial charge in [-0.25, -0.2) is 0 Å². The van der Waals surface area contributed by atoms with Gasteiger partial charge in [0.1, 0.15) is 0 Å². The van der Waals surface area contributed by atoms with E-state index in [-0.39, 0.29) is 5.54 Å². The molecule has 0 aromatic heterocycles. The summed E-state index contributed by atoms with van der Waals surface area (Å²) in [5.41, 5.74) is 1.55. The normalized spacial score (nSPS) is 25.8. The van der Waals surface area contributed by atoms with Gasteiger partial charge in [-0.2, -0.15) is 0 Å². The Labute approximate surface area is 77.3 Å². The van der Waals surface area contributed by atoms with Crippen LogP contribution in [0.15, 0.2) is 4.99 Å². The highest BCUT2D eigenvalue weighted by Crippen LogP contribution is 2.28. The van der Waals surface area contributed by atoms with Gasteiger partial charge in [-0.15, -0.1) is 0 Å². The Bertz CT molecular complexity index is 156. The summed E-state index contributed by atoms with van der Waals surface area (Å²) in [5.74, 6) is 0.708. The molecule has 0 radical (unpaired) electrons. The summed E-state index contributed by atoms with van der Waals surface area (Å²) in [5, 5.41) is 0. The second-order valence-electron chi connectivity index (χ2n) is 4.38. The Balaban J connectivity index is 0.000000354. The van der Waals surface area contributed by atoms with Crippen molar-refractivity contribution in [3.8, 4) is 0 Å². The Morgan fingerprint density at radius 2 is 1.83 bits per heavy atom. The van der Waals surface area contributed by atoms with Crippen LogP contribution < -0.4 is 0 Å². The lowest BCUT2D eigenvalue weighted by atomic mass is 9.95. The van der Waals surface area contributed by atoms with E-state index in [0.29, 0.717) is 5.92 Å². The molecule has 1 unspecified atom stereocenters. The first-order valence-corrected chi connectivity index (χ1v) is 4.99. The minimum atomic E-state index is 0.226. The van der Waals surface area contributed by atoms with E-state index in [2.05, 4.69) is 46.5 Å². The Morgan fingerprint density at radius 1 is 1.42 bits per heavy atom. The molecular weight excluding hydrogens is 146 g/mol. The molecule has 0 saturated heterocycles. The third-order valence-corrected chi connectivity index (χ3v) is 2.00. The first-order chi connectivity index (χ1) is 5.43. The monoisotopic (exact) mass is 169 g/mol. The first kappa shape index (κ1) is 11.7. The van der Waals surface area contributed by atoms with Crippen LogP contribution in [0.5, 0.6) is 0 Å². The van der Waals surface area contributed by atoms with Gasteiger partial charge >= 0.3 is 0 Å². The maximum absolute atomic E-state index is 4.52. The summed E-state index contributed by atoms with van der Waals surface area (Å²) >= 11 is 0. The van der Waals surface area contributed by atoms with Crippen molar-refractivity contribution in [2.45, 2.75) is 59.9 Å². The second-order valence-corrected chi connectivity index (χ2v) is 4.38. The fourth-order valence-corrected chi connectivity index (χ4v) is 1.53. The summed E-state index contributed by atoms with van der Waals surface area (Å²) in [6.07, 6.45) is 2.47. The highest BCUT2D eigenvalue weighted by atomic mass is 14.9. The lowest BCUT2D eigenvalue weighted by Gasteiger charge is -2.12. The molecule has 1 heteroatoms. The predicted octanol–water partition coefficient (Wildman–Crippen LogP) is 3.68. The second kappa shape index (κ2) is 4.64. The molecule has 0 aromatic rings. The van der Waals surface area contributed by atoms with Crippen molar-refractivity contribution in [1.82, 2.24) is 0 Å². The maximum Gasteiger partial charge on any atom is 0.0557 e. The molecule has 1 aliphatic heterocycles. The van der Waals surface area contributed by atoms with Crippen LogP contribution in [0.4, 0.5) is 0 Å². The van der Waals surface area contributed by atoms with Crippen molar-refractivity contribution in [1.29, 1.82) is 0 Å². The van der Waals surface area contributed by atoms with Crippen molar-refractivity contribution < 1.29 is 0 Å². The van der Waals surface area contributed by atoms with E-state index in [4.69, 9.17) is 0 Å². The number of rotatable bonds is 0. The Morgan fingerprint density at radius 3 is 1.92 bits per heavy atom. The van der Waals surface area contributed by atoms with Crippen molar-refractivity contribution in [3.63, 3.8) is 0 Å². The van der Waals surface area contributed by atoms with E-state index in [1.54, 1.807) is 0 Å². The van der Waals surface area contributed by atoms with Crippen LogP contribution in [0.25, 0.3) is 0 Å². The van der Waals surface area contributed by atoms with Crippen LogP contribution in [-0.2, 0) is 0 Å². The molecule has 1 aliphatic rings. The van der Waals surface area contributed by atoms with E-state index in [1.807, 2.05) is 0 Å². The average Bonchev–Trinajstić information content (AvgIpc) is 2.06. The molecule has 1 nitrogen and oxygen atoms in total. The Kier molecular flexibility index (Phi) is 4.51. The lowest BCUT2D eigenvalue weighted by molar-refractivity contribution is 0.479. The third-order valence-electron chi connectivity index (χ3n) is 2.00. The molecule has 1 rings (SSSR count). The van der Waals surface area contributed by atoms with Crippen LogP contribution in [0.2, 0.25) is 0 Å². The largest absolute Gasteiger partial charge is 0.288 e. The number of aliphatic imine (C=N–C) groups is 1. The third kappa shape index (κ3) is 3.89. The summed E-state index contributed by atoms with van der Waals surface area (Å²) < 4.78 is 0. The zero-order valence-electron chi connectivity index (χ0n) is 9.44. The number of hydrogen-bond donors (Lipinski definition) is 0. The smallest absolute Gasteiger partial charge is 0.0557 e. The fourth-order valence-electron chi connectivity index (χ4n) is 1.53. The van der Waals surface area contributed by atoms with Crippen LogP contribution in [0.3, 0.4) is 0 Å². The molecule has 1 atom stereocenters. The van der Waals surface area contributed by atoms with Crippen molar-refractivity contribution in [2.75, 3.05) is 0 Å². The Hall–Kier alpha value is -0.330. The molecule has 0 N–H and O–H groups in total. The topological polar surface area (TPSA) is 12.4 Å². The van der Waals surface area contributed by atoms with E-state index >= 15 is 0 Å². The average molecular weight is 169 g/mol. The molecule has 0 aliphatic carbocycles. The highest BCUT2D eigenvalue weighted by molar-refractivity contribution is 5.86. The molecular formula is C11H23N. The molecule has 72 valence electrons. The van der Waals surface area contributed by atoms with Gasteiger partial charge in [-0.3, -0.25) is 4.99 Å². The van der Waals surface area contributed by atoms with E-state index < -0.39 is 0 Å². The van der Waals surface area contributed by atoms with Crippen molar-refractivity contribution in [3.05, 3.63) is 0 Å². The van der Waals surface area contributed by atoms with Crippen LogP contribution in [-0.4, -0.2) is 11.3 Å². The quantitative estimate of drug-likeness (QED) is 0.524. The van der Waals surface area contributed by atoms with Gasteiger partial charge < -0.3 is 0 Å². The molecule has 0 bridgehead atoms. The minimum absolute atomic E-state index is 0.226.